The lowest BCUT2D eigenvalue weighted by Gasteiger charge is -2.38. The molecule has 5 nitrogen and oxygen atoms in total. The van der Waals surface area contributed by atoms with Crippen molar-refractivity contribution >= 4 is 11.6 Å². The molecule has 0 aromatic carbocycles. The Bertz CT molecular complexity index is 504. The Balaban J connectivity index is 1.85. The predicted molar refractivity (Wildman–Crippen MR) is 68.3 cm³/mol. The van der Waals surface area contributed by atoms with E-state index in [4.69, 9.17) is 5.73 Å². The monoisotopic (exact) mass is 287 g/mol. The Morgan fingerprint density at radius 2 is 2.00 bits per heavy atom. The molecule has 1 aromatic rings. The molecular weight excluding hydrogens is 271 g/mol. The van der Waals surface area contributed by atoms with Gasteiger partial charge in [0, 0.05) is 31.7 Å². The third kappa shape index (κ3) is 2.52. The van der Waals surface area contributed by atoms with Crippen molar-refractivity contribution < 1.29 is 13.2 Å². The van der Waals surface area contributed by atoms with Crippen LogP contribution in [0.5, 0.6) is 0 Å². The minimum atomic E-state index is -4.57. The Morgan fingerprint density at radius 1 is 1.20 bits per heavy atom. The number of nitrogen functional groups attached to an aromatic ring is 1. The van der Waals surface area contributed by atoms with Gasteiger partial charge in [-0.1, -0.05) is 0 Å². The second-order valence-corrected chi connectivity index (χ2v) is 5.25. The predicted octanol–water partition coefficient (Wildman–Crippen LogP) is 1.36. The van der Waals surface area contributed by atoms with Gasteiger partial charge in [-0.2, -0.15) is 13.2 Å². The van der Waals surface area contributed by atoms with E-state index in [0.29, 0.717) is 19.1 Å². The van der Waals surface area contributed by atoms with Gasteiger partial charge < -0.3 is 10.6 Å². The molecule has 2 N–H and O–H groups in total. The van der Waals surface area contributed by atoms with E-state index in [0.717, 1.165) is 25.9 Å². The summed E-state index contributed by atoms with van der Waals surface area (Å²) in [5, 5.41) is 0. The molecular formula is C12H16F3N5. The fourth-order valence-corrected chi connectivity index (χ4v) is 2.94. The van der Waals surface area contributed by atoms with Crippen LogP contribution in [-0.2, 0) is 6.18 Å². The summed E-state index contributed by atoms with van der Waals surface area (Å²) in [6.45, 7) is 3.31. The number of halogens is 3. The molecule has 1 unspecified atom stereocenters. The number of rotatable bonds is 1. The summed E-state index contributed by atoms with van der Waals surface area (Å²) in [6, 6.07) is 1.83. The summed E-state index contributed by atoms with van der Waals surface area (Å²) in [7, 11) is 0. The summed E-state index contributed by atoms with van der Waals surface area (Å²) >= 11 is 0. The van der Waals surface area contributed by atoms with Gasteiger partial charge in [0.15, 0.2) is 0 Å². The van der Waals surface area contributed by atoms with E-state index in [1.54, 1.807) is 0 Å². The molecule has 2 saturated heterocycles. The van der Waals surface area contributed by atoms with Crippen molar-refractivity contribution in [2.45, 2.75) is 25.1 Å². The second-order valence-electron chi connectivity index (χ2n) is 5.25. The van der Waals surface area contributed by atoms with Crippen LogP contribution in [0.4, 0.5) is 24.8 Å². The highest BCUT2D eigenvalue weighted by Crippen LogP contribution is 2.30. The molecule has 0 radical (unpaired) electrons. The fraction of sp³-hybridized carbons (Fsp3) is 0.667. The summed E-state index contributed by atoms with van der Waals surface area (Å²) in [6.07, 6.45) is -2.33. The van der Waals surface area contributed by atoms with Crippen molar-refractivity contribution in [3.05, 3.63) is 11.9 Å². The number of hydrogen-bond donors (Lipinski definition) is 1. The molecule has 0 aliphatic carbocycles. The molecule has 3 rings (SSSR count). The van der Waals surface area contributed by atoms with Crippen LogP contribution in [0.25, 0.3) is 0 Å². The minimum absolute atomic E-state index is 0.142. The van der Waals surface area contributed by atoms with Gasteiger partial charge in [0.25, 0.3) is 0 Å². The van der Waals surface area contributed by atoms with Crippen molar-refractivity contribution in [2.75, 3.05) is 36.8 Å². The summed E-state index contributed by atoms with van der Waals surface area (Å²) in [5.74, 6) is -1.03. The normalized spacial score (nSPS) is 23.9. The standard InChI is InChI=1S/C12H16F3N5/c13-12(14,15)11-17-9(16)6-10(18-11)20-5-4-19-3-1-2-8(19)7-20/h6,8H,1-5,7H2,(H2,16,17,18). The molecule has 2 fully saturated rings. The maximum Gasteiger partial charge on any atom is 0.451 e. The van der Waals surface area contributed by atoms with Crippen LogP contribution in [0.1, 0.15) is 18.7 Å². The topological polar surface area (TPSA) is 58.3 Å². The Kier molecular flexibility index (Phi) is 3.19. The maximum absolute atomic E-state index is 12.7. The molecule has 110 valence electrons. The number of anilines is 2. The third-order valence-corrected chi connectivity index (χ3v) is 3.90. The third-order valence-electron chi connectivity index (χ3n) is 3.90. The first-order valence-electron chi connectivity index (χ1n) is 6.64. The van der Waals surface area contributed by atoms with Gasteiger partial charge in [0.2, 0.25) is 5.82 Å². The van der Waals surface area contributed by atoms with E-state index < -0.39 is 12.0 Å². The smallest absolute Gasteiger partial charge is 0.384 e. The molecule has 0 amide bonds. The van der Waals surface area contributed by atoms with Gasteiger partial charge in [-0.15, -0.1) is 0 Å². The molecule has 2 aliphatic heterocycles. The number of alkyl halides is 3. The molecule has 2 aliphatic rings. The number of nitrogens with zero attached hydrogens (tertiary/aromatic N) is 4. The molecule has 20 heavy (non-hydrogen) atoms. The lowest BCUT2D eigenvalue weighted by molar-refractivity contribution is -0.144. The van der Waals surface area contributed by atoms with Crippen molar-refractivity contribution in [3.63, 3.8) is 0 Å². The van der Waals surface area contributed by atoms with Crippen molar-refractivity contribution in [1.82, 2.24) is 14.9 Å². The number of aromatic nitrogens is 2. The molecule has 0 saturated carbocycles. The van der Waals surface area contributed by atoms with Gasteiger partial charge in [-0.05, 0) is 19.4 Å². The van der Waals surface area contributed by atoms with Gasteiger partial charge in [0.05, 0.1) is 0 Å². The van der Waals surface area contributed by atoms with Crippen LogP contribution in [0.2, 0.25) is 0 Å². The Morgan fingerprint density at radius 3 is 2.75 bits per heavy atom. The molecule has 0 bridgehead atoms. The largest absolute Gasteiger partial charge is 0.451 e. The number of fused-ring (bicyclic) bond motifs is 1. The lowest BCUT2D eigenvalue weighted by Crippen LogP contribution is -2.50. The van der Waals surface area contributed by atoms with Gasteiger partial charge in [0.1, 0.15) is 11.6 Å². The van der Waals surface area contributed by atoms with Crippen LogP contribution >= 0.6 is 0 Å². The first-order valence-corrected chi connectivity index (χ1v) is 6.64. The number of hydrogen-bond acceptors (Lipinski definition) is 5. The maximum atomic E-state index is 12.7. The molecule has 0 spiro atoms. The SMILES string of the molecule is Nc1cc(N2CCN3CCCC3C2)nc(C(F)(F)F)n1. The summed E-state index contributed by atoms with van der Waals surface area (Å²) < 4.78 is 38.2. The Hall–Kier alpha value is -1.57. The highest BCUT2D eigenvalue weighted by Gasteiger charge is 2.37. The van der Waals surface area contributed by atoms with Crippen LogP contribution in [0.15, 0.2) is 6.07 Å². The zero-order valence-electron chi connectivity index (χ0n) is 10.9. The van der Waals surface area contributed by atoms with Crippen molar-refractivity contribution in [2.24, 2.45) is 0 Å². The van der Waals surface area contributed by atoms with E-state index in [2.05, 4.69) is 14.9 Å². The minimum Gasteiger partial charge on any atom is -0.384 e. The average molecular weight is 287 g/mol. The quantitative estimate of drug-likeness (QED) is 0.845. The average Bonchev–Trinajstić information content (AvgIpc) is 2.84. The zero-order chi connectivity index (χ0) is 14.3. The van der Waals surface area contributed by atoms with Gasteiger partial charge >= 0.3 is 6.18 Å². The first kappa shape index (κ1) is 13.4. The summed E-state index contributed by atoms with van der Waals surface area (Å²) in [4.78, 5) is 11.2. The fourth-order valence-electron chi connectivity index (χ4n) is 2.94. The van der Waals surface area contributed by atoms with Gasteiger partial charge in [-0.3, -0.25) is 4.90 Å². The molecule has 1 aromatic heterocycles. The molecule has 1 atom stereocenters. The van der Waals surface area contributed by atoms with E-state index in [1.807, 2.05) is 4.90 Å². The molecule has 3 heterocycles. The van der Waals surface area contributed by atoms with E-state index >= 15 is 0 Å². The highest BCUT2D eigenvalue weighted by atomic mass is 19.4. The highest BCUT2D eigenvalue weighted by molar-refractivity contribution is 5.48. The van der Waals surface area contributed by atoms with Crippen molar-refractivity contribution in [1.29, 1.82) is 0 Å². The first-order chi connectivity index (χ1) is 9.43. The van der Waals surface area contributed by atoms with Gasteiger partial charge in [-0.25, -0.2) is 9.97 Å². The number of piperazine rings is 1. The Labute approximate surface area is 114 Å². The van der Waals surface area contributed by atoms with Crippen LogP contribution in [0.3, 0.4) is 0 Å². The zero-order valence-corrected chi connectivity index (χ0v) is 10.9. The van der Waals surface area contributed by atoms with E-state index in [1.165, 1.54) is 6.07 Å². The van der Waals surface area contributed by atoms with Crippen molar-refractivity contribution in [3.8, 4) is 0 Å². The summed E-state index contributed by atoms with van der Waals surface area (Å²) in [5.41, 5.74) is 5.48. The van der Waals surface area contributed by atoms with E-state index in [9.17, 15) is 13.2 Å². The number of nitrogens with two attached hydrogens (primary N) is 1. The second kappa shape index (κ2) is 4.76. The van der Waals surface area contributed by atoms with Crippen LogP contribution in [-0.4, -0.2) is 47.1 Å². The van der Waals surface area contributed by atoms with E-state index in [-0.39, 0.29) is 11.6 Å². The van der Waals surface area contributed by atoms with Crippen LogP contribution in [0, 0.1) is 0 Å². The van der Waals surface area contributed by atoms with Crippen LogP contribution < -0.4 is 10.6 Å². The lowest BCUT2D eigenvalue weighted by atomic mass is 10.1. The molecule has 8 heteroatoms.